The maximum absolute atomic E-state index is 11.7. The summed E-state index contributed by atoms with van der Waals surface area (Å²) in [5.41, 5.74) is 5.71. The highest BCUT2D eigenvalue weighted by Gasteiger charge is 2.32. The Morgan fingerprint density at radius 2 is 2.06 bits per heavy atom. The Morgan fingerprint density at radius 3 is 2.65 bits per heavy atom. The second-order valence-corrected chi connectivity index (χ2v) is 4.74. The largest absolute Gasteiger partial charge is 0.481 e. The number of nitrogens with two attached hydrogens (primary N) is 1. The molecule has 3 atom stereocenters. The number of rotatable bonds is 5. The average molecular weight is 242 g/mol. The third-order valence-corrected chi connectivity index (χ3v) is 3.35. The van der Waals surface area contributed by atoms with E-state index >= 15 is 0 Å². The Balaban J connectivity index is 2.52. The minimum Gasteiger partial charge on any atom is -0.481 e. The molecule has 1 rings (SSSR count). The van der Waals surface area contributed by atoms with Gasteiger partial charge in [-0.3, -0.25) is 9.59 Å². The first-order valence-corrected chi connectivity index (χ1v) is 6.35. The molecular formula is C12H22N2O3. The van der Waals surface area contributed by atoms with Crippen molar-refractivity contribution >= 4 is 11.9 Å². The highest BCUT2D eigenvalue weighted by atomic mass is 16.4. The lowest BCUT2D eigenvalue weighted by atomic mass is 9.84. The summed E-state index contributed by atoms with van der Waals surface area (Å²) in [7, 11) is 0. The molecule has 1 fully saturated rings. The van der Waals surface area contributed by atoms with Crippen LogP contribution in [0.25, 0.3) is 0 Å². The van der Waals surface area contributed by atoms with E-state index in [9.17, 15) is 9.59 Å². The minimum absolute atomic E-state index is 0.218. The highest BCUT2D eigenvalue weighted by Crippen LogP contribution is 2.24. The number of aliphatic carboxylic acids is 1. The molecule has 17 heavy (non-hydrogen) atoms. The quantitative estimate of drug-likeness (QED) is 0.667. The fourth-order valence-electron chi connectivity index (χ4n) is 2.33. The molecule has 1 saturated carbocycles. The van der Waals surface area contributed by atoms with Crippen LogP contribution in [0.5, 0.6) is 0 Å². The molecule has 1 aliphatic carbocycles. The molecule has 0 aliphatic heterocycles. The van der Waals surface area contributed by atoms with Crippen LogP contribution in [-0.2, 0) is 9.59 Å². The average Bonchev–Trinajstić information content (AvgIpc) is 2.29. The van der Waals surface area contributed by atoms with Crippen LogP contribution in [0.3, 0.4) is 0 Å². The van der Waals surface area contributed by atoms with Gasteiger partial charge in [-0.1, -0.05) is 26.2 Å². The highest BCUT2D eigenvalue weighted by molar-refractivity contribution is 5.82. The molecule has 1 aliphatic rings. The Hall–Kier alpha value is -1.10. The van der Waals surface area contributed by atoms with E-state index in [2.05, 4.69) is 5.32 Å². The molecule has 0 aromatic carbocycles. The van der Waals surface area contributed by atoms with Gasteiger partial charge in [0.05, 0.1) is 12.0 Å². The van der Waals surface area contributed by atoms with E-state index in [0.29, 0.717) is 12.8 Å². The van der Waals surface area contributed by atoms with Crippen LogP contribution in [0.15, 0.2) is 0 Å². The summed E-state index contributed by atoms with van der Waals surface area (Å²) >= 11 is 0. The van der Waals surface area contributed by atoms with Gasteiger partial charge in [-0.25, -0.2) is 0 Å². The predicted molar refractivity (Wildman–Crippen MR) is 64.4 cm³/mol. The first-order valence-electron chi connectivity index (χ1n) is 6.35. The fourth-order valence-corrected chi connectivity index (χ4v) is 2.33. The predicted octanol–water partition coefficient (Wildman–Crippen LogP) is 0.873. The number of hydrogen-bond acceptors (Lipinski definition) is 3. The minimum atomic E-state index is -0.820. The van der Waals surface area contributed by atoms with E-state index in [4.69, 9.17) is 10.8 Å². The van der Waals surface area contributed by atoms with Crippen LogP contribution in [0, 0.1) is 5.92 Å². The number of carboxylic acids is 1. The normalized spacial score (nSPS) is 26.2. The molecule has 0 aromatic rings. The second kappa shape index (κ2) is 6.59. The van der Waals surface area contributed by atoms with Gasteiger partial charge >= 0.3 is 5.97 Å². The molecule has 0 radical (unpaired) electrons. The van der Waals surface area contributed by atoms with Crippen LogP contribution < -0.4 is 11.1 Å². The number of hydrogen-bond donors (Lipinski definition) is 3. The fraction of sp³-hybridized carbons (Fsp3) is 0.833. The van der Waals surface area contributed by atoms with Gasteiger partial charge in [-0.05, 0) is 19.3 Å². The third kappa shape index (κ3) is 4.00. The Labute approximate surface area is 102 Å². The van der Waals surface area contributed by atoms with Gasteiger partial charge in [0, 0.05) is 6.04 Å². The van der Waals surface area contributed by atoms with Gasteiger partial charge in [0.15, 0.2) is 0 Å². The summed E-state index contributed by atoms with van der Waals surface area (Å²) in [4.78, 5) is 22.8. The monoisotopic (exact) mass is 242 g/mol. The first kappa shape index (κ1) is 14.0. The second-order valence-electron chi connectivity index (χ2n) is 4.74. The lowest BCUT2D eigenvalue weighted by molar-refractivity contribution is -0.144. The van der Waals surface area contributed by atoms with E-state index in [-0.39, 0.29) is 11.9 Å². The molecule has 0 saturated heterocycles. The zero-order chi connectivity index (χ0) is 12.8. The van der Waals surface area contributed by atoms with E-state index in [1.54, 1.807) is 0 Å². The van der Waals surface area contributed by atoms with E-state index in [1.165, 1.54) is 0 Å². The smallest absolute Gasteiger partial charge is 0.308 e. The van der Waals surface area contributed by atoms with Crippen molar-refractivity contribution in [3.63, 3.8) is 0 Å². The topological polar surface area (TPSA) is 92.4 Å². The number of amides is 1. The number of carbonyl (C=O) groups excluding carboxylic acids is 1. The van der Waals surface area contributed by atoms with Gasteiger partial charge in [-0.2, -0.15) is 0 Å². The van der Waals surface area contributed by atoms with E-state index in [0.717, 1.165) is 25.7 Å². The zero-order valence-electron chi connectivity index (χ0n) is 10.3. The molecule has 0 bridgehead atoms. The number of nitrogens with one attached hydrogen (secondary N) is 1. The van der Waals surface area contributed by atoms with Crippen molar-refractivity contribution < 1.29 is 14.7 Å². The van der Waals surface area contributed by atoms with Crippen molar-refractivity contribution in [3.8, 4) is 0 Å². The SMILES string of the molecule is CCC[C@@H](N)C(=O)NC1CCCCC1C(=O)O. The molecule has 0 heterocycles. The third-order valence-electron chi connectivity index (χ3n) is 3.35. The summed E-state index contributed by atoms with van der Waals surface area (Å²) in [6.45, 7) is 1.97. The van der Waals surface area contributed by atoms with Crippen LogP contribution in [0.4, 0.5) is 0 Å². The van der Waals surface area contributed by atoms with Gasteiger partial charge in [0.2, 0.25) is 5.91 Å². The standard InChI is InChI=1S/C12H22N2O3/c1-2-5-9(13)11(15)14-10-7-4-3-6-8(10)12(16)17/h8-10H,2-7,13H2,1H3,(H,14,15)(H,16,17)/t8?,9-,10?/m1/s1. The van der Waals surface area contributed by atoms with Crippen molar-refractivity contribution in [1.82, 2.24) is 5.32 Å². The van der Waals surface area contributed by atoms with E-state index in [1.807, 2.05) is 6.92 Å². The Bertz CT molecular complexity index is 281. The van der Waals surface area contributed by atoms with Crippen LogP contribution in [0.2, 0.25) is 0 Å². The lowest BCUT2D eigenvalue weighted by Gasteiger charge is -2.30. The maximum atomic E-state index is 11.7. The van der Waals surface area contributed by atoms with E-state index < -0.39 is 17.9 Å². The Morgan fingerprint density at radius 1 is 1.41 bits per heavy atom. The van der Waals surface area contributed by atoms with Gasteiger partial charge < -0.3 is 16.2 Å². The summed E-state index contributed by atoms with van der Waals surface area (Å²) in [5, 5.41) is 11.9. The maximum Gasteiger partial charge on any atom is 0.308 e. The van der Waals surface area contributed by atoms with Crippen molar-refractivity contribution in [2.45, 2.75) is 57.5 Å². The lowest BCUT2D eigenvalue weighted by Crippen LogP contribution is -2.50. The van der Waals surface area contributed by atoms with Crippen LogP contribution >= 0.6 is 0 Å². The van der Waals surface area contributed by atoms with Gasteiger partial charge in [0.1, 0.15) is 0 Å². The molecule has 98 valence electrons. The molecular weight excluding hydrogens is 220 g/mol. The number of carboxylic acid groups (broad SMARTS) is 1. The van der Waals surface area contributed by atoms with Gasteiger partial charge in [0.25, 0.3) is 0 Å². The summed E-state index contributed by atoms with van der Waals surface area (Å²) in [5.74, 6) is -1.49. The van der Waals surface area contributed by atoms with Crippen molar-refractivity contribution in [3.05, 3.63) is 0 Å². The zero-order valence-corrected chi connectivity index (χ0v) is 10.3. The molecule has 5 nitrogen and oxygen atoms in total. The van der Waals surface area contributed by atoms with Crippen LogP contribution in [0.1, 0.15) is 45.4 Å². The summed E-state index contributed by atoms with van der Waals surface area (Å²) in [6, 6.07) is -0.770. The molecule has 0 aromatic heterocycles. The van der Waals surface area contributed by atoms with Gasteiger partial charge in [-0.15, -0.1) is 0 Å². The molecule has 2 unspecified atom stereocenters. The van der Waals surface area contributed by atoms with Crippen LogP contribution in [-0.4, -0.2) is 29.1 Å². The van der Waals surface area contributed by atoms with Crippen molar-refractivity contribution in [1.29, 1.82) is 0 Å². The summed E-state index contributed by atoms with van der Waals surface area (Å²) < 4.78 is 0. The molecule has 5 heteroatoms. The van der Waals surface area contributed by atoms with Crippen molar-refractivity contribution in [2.24, 2.45) is 11.7 Å². The summed E-state index contributed by atoms with van der Waals surface area (Å²) in [6.07, 6.45) is 4.75. The molecule has 4 N–H and O–H groups in total. The Kier molecular flexibility index (Phi) is 5.41. The molecule has 1 amide bonds. The first-order chi connectivity index (χ1) is 8.06. The molecule has 0 spiro atoms. The van der Waals surface area contributed by atoms with Crippen molar-refractivity contribution in [2.75, 3.05) is 0 Å². The number of carbonyl (C=O) groups is 2.